The summed E-state index contributed by atoms with van der Waals surface area (Å²) in [6, 6.07) is 19.2. The van der Waals surface area contributed by atoms with Gasteiger partial charge < -0.3 is 16.4 Å². The molecule has 3 heterocycles. The maximum Gasteiger partial charge on any atom is 0.323 e. The van der Waals surface area contributed by atoms with Crippen molar-refractivity contribution in [2.75, 3.05) is 16.4 Å². The number of nitrogen functional groups attached to an aromatic ring is 1. The van der Waals surface area contributed by atoms with E-state index in [9.17, 15) is 4.79 Å². The third-order valence-corrected chi connectivity index (χ3v) is 6.80. The molecule has 35 heavy (non-hydrogen) atoms. The Morgan fingerprint density at radius 2 is 1.77 bits per heavy atom. The Kier molecular flexibility index (Phi) is 6.36. The summed E-state index contributed by atoms with van der Waals surface area (Å²) in [5, 5.41) is 6.64. The SMILES string of the molecule is CCc1cccc(NC(=O)Nc2ccc(-c3c(Cc4cccnc4)sc4ncnc(N)c34)cc2)c1. The molecule has 2 aromatic carbocycles. The monoisotopic (exact) mass is 480 g/mol. The molecule has 0 fully saturated rings. The highest BCUT2D eigenvalue weighted by Crippen LogP contribution is 2.41. The number of nitrogens with zero attached hydrogens (tertiary/aromatic N) is 3. The number of rotatable bonds is 6. The van der Waals surface area contributed by atoms with Crippen LogP contribution in [0.2, 0.25) is 0 Å². The summed E-state index contributed by atoms with van der Waals surface area (Å²) >= 11 is 1.61. The number of hydrogen-bond acceptors (Lipinski definition) is 6. The van der Waals surface area contributed by atoms with Crippen LogP contribution in [0.1, 0.15) is 22.9 Å². The van der Waals surface area contributed by atoms with E-state index in [1.54, 1.807) is 17.5 Å². The molecule has 0 atom stereocenters. The van der Waals surface area contributed by atoms with Gasteiger partial charge in [0.15, 0.2) is 0 Å². The molecule has 7 nitrogen and oxygen atoms in total. The summed E-state index contributed by atoms with van der Waals surface area (Å²) in [4.78, 5) is 27.4. The van der Waals surface area contributed by atoms with Crippen molar-refractivity contribution in [2.45, 2.75) is 19.8 Å². The molecule has 0 aliphatic rings. The first-order valence-corrected chi connectivity index (χ1v) is 12.1. The first kappa shape index (κ1) is 22.5. The summed E-state index contributed by atoms with van der Waals surface area (Å²) in [5.74, 6) is 0.453. The number of carbonyl (C=O) groups is 1. The second-order valence-electron chi connectivity index (χ2n) is 8.09. The molecule has 0 aliphatic heterocycles. The lowest BCUT2D eigenvalue weighted by molar-refractivity contribution is 0.262. The van der Waals surface area contributed by atoms with Crippen molar-refractivity contribution >= 4 is 44.8 Å². The van der Waals surface area contributed by atoms with Gasteiger partial charge in [-0.25, -0.2) is 14.8 Å². The molecule has 0 bridgehead atoms. The number of hydrogen-bond donors (Lipinski definition) is 3. The van der Waals surface area contributed by atoms with Crippen LogP contribution in [-0.4, -0.2) is 21.0 Å². The Balaban J connectivity index is 1.41. The average Bonchev–Trinajstić information content (AvgIpc) is 3.24. The third-order valence-electron chi connectivity index (χ3n) is 5.70. The number of amides is 2. The number of urea groups is 1. The normalized spacial score (nSPS) is 10.9. The molecule has 5 rings (SSSR count). The van der Waals surface area contributed by atoms with Gasteiger partial charge in [-0.2, -0.15) is 0 Å². The molecule has 0 radical (unpaired) electrons. The van der Waals surface area contributed by atoms with Gasteiger partial charge in [0.2, 0.25) is 0 Å². The topological polar surface area (TPSA) is 106 Å². The highest BCUT2D eigenvalue weighted by molar-refractivity contribution is 7.19. The maximum atomic E-state index is 12.5. The van der Waals surface area contributed by atoms with Gasteiger partial charge >= 0.3 is 6.03 Å². The summed E-state index contributed by atoms with van der Waals surface area (Å²) in [6.45, 7) is 2.08. The van der Waals surface area contributed by atoms with Crippen molar-refractivity contribution in [3.8, 4) is 11.1 Å². The van der Waals surface area contributed by atoms with Crippen molar-refractivity contribution in [1.82, 2.24) is 15.0 Å². The fourth-order valence-electron chi connectivity index (χ4n) is 4.00. The largest absolute Gasteiger partial charge is 0.383 e. The van der Waals surface area contributed by atoms with Crippen LogP contribution in [-0.2, 0) is 12.8 Å². The fourth-order valence-corrected chi connectivity index (χ4v) is 5.20. The number of carbonyl (C=O) groups excluding carboxylic acids is 1. The van der Waals surface area contributed by atoms with E-state index in [0.717, 1.165) is 43.9 Å². The van der Waals surface area contributed by atoms with Gasteiger partial charge in [-0.15, -0.1) is 11.3 Å². The number of aryl methyl sites for hydroxylation is 1. The number of anilines is 3. The Bertz CT molecular complexity index is 1480. The second kappa shape index (κ2) is 9.90. The molecule has 0 unspecified atom stereocenters. The van der Waals surface area contributed by atoms with Gasteiger partial charge in [0.1, 0.15) is 17.0 Å². The van der Waals surface area contributed by atoms with Gasteiger partial charge in [0, 0.05) is 40.6 Å². The molecule has 0 saturated carbocycles. The highest BCUT2D eigenvalue weighted by atomic mass is 32.1. The molecular formula is C27H24N6OS. The smallest absolute Gasteiger partial charge is 0.323 e. The van der Waals surface area contributed by atoms with E-state index in [2.05, 4.69) is 38.6 Å². The maximum absolute atomic E-state index is 12.5. The van der Waals surface area contributed by atoms with Crippen LogP contribution < -0.4 is 16.4 Å². The van der Waals surface area contributed by atoms with E-state index < -0.39 is 0 Å². The minimum Gasteiger partial charge on any atom is -0.383 e. The summed E-state index contributed by atoms with van der Waals surface area (Å²) < 4.78 is 0. The Morgan fingerprint density at radius 3 is 2.54 bits per heavy atom. The van der Waals surface area contributed by atoms with E-state index >= 15 is 0 Å². The van der Waals surface area contributed by atoms with E-state index in [0.29, 0.717) is 17.9 Å². The number of pyridine rings is 1. The first-order chi connectivity index (χ1) is 17.1. The van der Waals surface area contributed by atoms with Crippen molar-refractivity contribution in [3.63, 3.8) is 0 Å². The van der Waals surface area contributed by atoms with Gasteiger partial charge in [0.25, 0.3) is 0 Å². The van der Waals surface area contributed by atoms with Gasteiger partial charge in [0.05, 0.1) is 5.39 Å². The van der Waals surface area contributed by atoms with Crippen LogP contribution in [0.15, 0.2) is 79.4 Å². The van der Waals surface area contributed by atoms with E-state index in [4.69, 9.17) is 5.73 Å². The molecule has 3 aromatic heterocycles. The zero-order valence-electron chi connectivity index (χ0n) is 19.2. The Morgan fingerprint density at radius 1 is 0.971 bits per heavy atom. The van der Waals surface area contributed by atoms with Crippen LogP contribution in [0.3, 0.4) is 0 Å². The predicted octanol–water partition coefficient (Wildman–Crippen LogP) is 6.13. The minimum atomic E-state index is -0.290. The summed E-state index contributed by atoms with van der Waals surface area (Å²) in [7, 11) is 0. The van der Waals surface area contributed by atoms with Crippen LogP contribution in [0.5, 0.6) is 0 Å². The van der Waals surface area contributed by atoms with Crippen molar-refractivity contribution < 1.29 is 4.79 Å². The molecule has 4 N–H and O–H groups in total. The van der Waals surface area contributed by atoms with Gasteiger partial charge in [-0.3, -0.25) is 4.98 Å². The van der Waals surface area contributed by atoms with E-state index in [1.807, 2.05) is 60.8 Å². The lowest BCUT2D eigenvalue weighted by Crippen LogP contribution is -2.19. The zero-order valence-corrected chi connectivity index (χ0v) is 20.0. The molecular weight excluding hydrogens is 456 g/mol. The first-order valence-electron chi connectivity index (χ1n) is 11.3. The molecule has 8 heteroatoms. The number of fused-ring (bicyclic) bond motifs is 1. The van der Waals surface area contributed by atoms with Gasteiger partial charge in [-0.05, 0) is 53.4 Å². The van der Waals surface area contributed by atoms with Crippen LogP contribution in [0.25, 0.3) is 21.3 Å². The van der Waals surface area contributed by atoms with Crippen molar-refractivity contribution in [1.29, 1.82) is 0 Å². The fraction of sp³-hybridized carbons (Fsp3) is 0.111. The standard InChI is InChI=1S/C27H24N6OS/c1-2-17-5-3-7-21(13-17)33-27(34)32-20-10-8-19(9-11-20)23-22(14-18-6-4-12-29-15-18)35-26-24(23)25(28)30-16-31-26/h3-13,15-16H,2,14H2,1H3,(H2,28,30,31)(H2,32,33,34). The predicted molar refractivity (Wildman–Crippen MR) is 143 cm³/mol. The summed E-state index contributed by atoms with van der Waals surface area (Å²) in [5.41, 5.74) is 12.0. The van der Waals surface area contributed by atoms with Crippen LogP contribution in [0.4, 0.5) is 22.0 Å². The van der Waals surface area contributed by atoms with Crippen LogP contribution >= 0.6 is 11.3 Å². The number of nitrogens with two attached hydrogens (primary N) is 1. The van der Waals surface area contributed by atoms with Crippen LogP contribution in [0, 0.1) is 0 Å². The van der Waals surface area contributed by atoms with Gasteiger partial charge in [-0.1, -0.05) is 37.3 Å². The van der Waals surface area contributed by atoms with E-state index in [1.165, 1.54) is 11.9 Å². The quantitative estimate of drug-likeness (QED) is 0.271. The highest BCUT2D eigenvalue weighted by Gasteiger charge is 2.18. The number of thiophene rings is 1. The number of benzene rings is 2. The molecule has 2 amide bonds. The lowest BCUT2D eigenvalue weighted by atomic mass is 10.00. The average molecular weight is 481 g/mol. The zero-order chi connectivity index (χ0) is 24.2. The van der Waals surface area contributed by atoms with Crippen molar-refractivity contribution in [2.24, 2.45) is 0 Å². The second-order valence-corrected chi connectivity index (χ2v) is 9.17. The third kappa shape index (κ3) is 4.97. The summed E-state index contributed by atoms with van der Waals surface area (Å²) in [6.07, 6.45) is 6.75. The van der Waals surface area contributed by atoms with Crippen molar-refractivity contribution in [3.05, 3.63) is 95.4 Å². The Labute approximate surface area is 207 Å². The number of aromatic nitrogens is 3. The molecule has 0 saturated heterocycles. The lowest BCUT2D eigenvalue weighted by Gasteiger charge is -2.10. The molecule has 174 valence electrons. The Hall–Kier alpha value is -4.30. The minimum absolute atomic E-state index is 0.290. The number of nitrogens with one attached hydrogen (secondary N) is 2. The van der Waals surface area contributed by atoms with E-state index in [-0.39, 0.29) is 6.03 Å². The molecule has 0 aliphatic carbocycles. The molecule has 5 aromatic rings. The molecule has 0 spiro atoms.